The highest BCUT2D eigenvalue weighted by atomic mass is 19.1. The molecule has 4 rings (SSSR count). The van der Waals surface area contributed by atoms with Gasteiger partial charge in [-0.1, -0.05) is 36.4 Å². The van der Waals surface area contributed by atoms with Crippen LogP contribution in [0.2, 0.25) is 0 Å². The van der Waals surface area contributed by atoms with E-state index in [1.807, 2.05) is 6.07 Å². The van der Waals surface area contributed by atoms with E-state index in [4.69, 9.17) is 4.74 Å². The van der Waals surface area contributed by atoms with Gasteiger partial charge in [0.2, 0.25) is 0 Å². The van der Waals surface area contributed by atoms with Gasteiger partial charge in [-0.25, -0.2) is 4.39 Å². The predicted molar refractivity (Wildman–Crippen MR) is 133 cm³/mol. The molecule has 5 nitrogen and oxygen atoms in total. The molecule has 1 unspecified atom stereocenters. The lowest BCUT2D eigenvalue weighted by atomic mass is 10.1. The molecule has 0 aromatic heterocycles. The average Bonchev–Trinajstić information content (AvgIpc) is 2.88. The molecular formula is C28H29FN2O3. The Labute approximate surface area is 199 Å². The smallest absolute Gasteiger partial charge is 0.185 e. The van der Waals surface area contributed by atoms with Gasteiger partial charge in [-0.15, -0.1) is 0 Å². The van der Waals surface area contributed by atoms with Crippen molar-refractivity contribution in [1.29, 1.82) is 0 Å². The Morgan fingerprint density at radius 1 is 0.941 bits per heavy atom. The van der Waals surface area contributed by atoms with Crippen LogP contribution in [0, 0.1) is 5.82 Å². The number of hydrogen-bond acceptors (Lipinski definition) is 5. The van der Waals surface area contributed by atoms with Crippen LogP contribution in [-0.2, 0) is 0 Å². The number of rotatable bonds is 9. The molecule has 176 valence electrons. The van der Waals surface area contributed by atoms with E-state index in [1.165, 1.54) is 23.9 Å². The van der Waals surface area contributed by atoms with E-state index < -0.39 is 6.10 Å². The minimum absolute atomic E-state index is 0.148. The van der Waals surface area contributed by atoms with Gasteiger partial charge >= 0.3 is 0 Å². The number of halogens is 1. The molecule has 6 heteroatoms. The molecular weight excluding hydrogens is 431 g/mol. The zero-order valence-corrected chi connectivity index (χ0v) is 19.0. The zero-order chi connectivity index (χ0) is 23.8. The summed E-state index contributed by atoms with van der Waals surface area (Å²) in [5.41, 5.74) is 2.52. The molecule has 0 radical (unpaired) electrons. The maximum Gasteiger partial charge on any atom is 0.185 e. The number of anilines is 1. The van der Waals surface area contributed by atoms with Crippen LogP contribution in [0.25, 0.3) is 6.08 Å². The molecule has 0 aliphatic carbocycles. The fourth-order valence-electron chi connectivity index (χ4n) is 3.93. The number of piperazine rings is 1. The highest BCUT2D eigenvalue weighted by molar-refractivity contribution is 6.06. The van der Waals surface area contributed by atoms with E-state index >= 15 is 0 Å². The monoisotopic (exact) mass is 460 g/mol. The van der Waals surface area contributed by atoms with E-state index in [0.717, 1.165) is 31.7 Å². The van der Waals surface area contributed by atoms with Crippen LogP contribution in [0.5, 0.6) is 5.75 Å². The zero-order valence-electron chi connectivity index (χ0n) is 19.0. The molecule has 1 saturated heterocycles. The topological polar surface area (TPSA) is 53.0 Å². The van der Waals surface area contributed by atoms with Crippen molar-refractivity contribution in [3.8, 4) is 5.75 Å². The quantitative estimate of drug-likeness (QED) is 0.382. The van der Waals surface area contributed by atoms with Crippen molar-refractivity contribution in [2.45, 2.75) is 6.10 Å². The van der Waals surface area contributed by atoms with Crippen molar-refractivity contribution in [3.63, 3.8) is 0 Å². The van der Waals surface area contributed by atoms with Gasteiger partial charge in [0, 0.05) is 44.0 Å². The lowest BCUT2D eigenvalue weighted by Crippen LogP contribution is -2.49. The summed E-state index contributed by atoms with van der Waals surface area (Å²) < 4.78 is 18.7. The average molecular weight is 461 g/mol. The molecule has 3 aromatic rings. The Bertz CT molecular complexity index is 1080. The molecule has 0 amide bonds. The first-order valence-corrected chi connectivity index (χ1v) is 11.5. The maximum atomic E-state index is 13.0. The van der Waals surface area contributed by atoms with Crippen LogP contribution in [0.4, 0.5) is 10.1 Å². The number of carbonyl (C=O) groups is 1. The van der Waals surface area contributed by atoms with Crippen molar-refractivity contribution in [2.75, 3.05) is 44.2 Å². The van der Waals surface area contributed by atoms with Crippen LogP contribution in [-0.4, -0.2) is 61.2 Å². The Morgan fingerprint density at radius 2 is 1.62 bits per heavy atom. The van der Waals surface area contributed by atoms with E-state index in [0.29, 0.717) is 17.9 Å². The van der Waals surface area contributed by atoms with E-state index in [-0.39, 0.29) is 18.2 Å². The molecule has 1 aliphatic rings. The number of carbonyl (C=O) groups excluding carboxylic acids is 1. The Hall–Kier alpha value is -3.48. The summed E-state index contributed by atoms with van der Waals surface area (Å²) in [4.78, 5) is 17.0. The summed E-state index contributed by atoms with van der Waals surface area (Å²) in [7, 11) is 0. The van der Waals surface area contributed by atoms with Gasteiger partial charge in [-0.3, -0.25) is 9.69 Å². The second-order valence-corrected chi connectivity index (χ2v) is 8.36. The van der Waals surface area contributed by atoms with Crippen LogP contribution < -0.4 is 9.64 Å². The molecule has 0 saturated carbocycles. The summed E-state index contributed by atoms with van der Waals surface area (Å²) in [6.07, 6.45) is 2.52. The molecule has 1 fully saturated rings. The summed E-state index contributed by atoms with van der Waals surface area (Å²) >= 11 is 0. The molecule has 1 N–H and O–H groups in total. The second-order valence-electron chi connectivity index (χ2n) is 8.36. The van der Waals surface area contributed by atoms with E-state index in [1.54, 1.807) is 42.5 Å². The molecule has 34 heavy (non-hydrogen) atoms. The Balaban J connectivity index is 1.19. The molecule has 0 bridgehead atoms. The van der Waals surface area contributed by atoms with Gasteiger partial charge in [-0.05, 0) is 60.2 Å². The molecule has 1 heterocycles. The van der Waals surface area contributed by atoms with Gasteiger partial charge in [0.15, 0.2) is 5.78 Å². The third-order valence-corrected chi connectivity index (χ3v) is 5.84. The fraction of sp³-hybridized carbons (Fsp3) is 0.250. The van der Waals surface area contributed by atoms with Crippen LogP contribution in [0.3, 0.4) is 0 Å². The van der Waals surface area contributed by atoms with Crippen molar-refractivity contribution in [1.82, 2.24) is 4.90 Å². The van der Waals surface area contributed by atoms with Gasteiger partial charge in [0.05, 0.1) is 0 Å². The van der Waals surface area contributed by atoms with Gasteiger partial charge in [0.25, 0.3) is 0 Å². The van der Waals surface area contributed by atoms with Crippen molar-refractivity contribution < 1.29 is 19.0 Å². The summed E-state index contributed by atoms with van der Waals surface area (Å²) in [5, 5.41) is 10.4. The highest BCUT2D eigenvalue weighted by Gasteiger charge is 2.19. The lowest BCUT2D eigenvalue weighted by Gasteiger charge is -2.36. The lowest BCUT2D eigenvalue weighted by molar-refractivity contribution is 0.0663. The van der Waals surface area contributed by atoms with Crippen LogP contribution >= 0.6 is 0 Å². The number of β-amino-alcohol motifs (C(OH)–C–C–N with tert-alkyl or cyclic N) is 1. The van der Waals surface area contributed by atoms with Crippen molar-refractivity contribution in [3.05, 3.63) is 102 Å². The van der Waals surface area contributed by atoms with Crippen LogP contribution in [0.15, 0.2) is 84.9 Å². The van der Waals surface area contributed by atoms with Crippen LogP contribution in [0.1, 0.15) is 15.9 Å². The molecule has 1 aliphatic heterocycles. The number of nitrogens with zero attached hydrogens (tertiary/aromatic N) is 2. The minimum Gasteiger partial charge on any atom is -0.491 e. The number of aliphatic hydroxyl groups excluding tert-OH is 1. The Kier molecular flexibility index (Phi) is 8.07. The van der Waals surface area contributed by atoms with Gasteiger partial charge in [-0.2, -0.15) is 0 Å². The molecule has 1 atom stereocenters. The van der Waals surface area contributed by atoms with E-state index in [2.05, 4.69) is 34.1 Å². The van der Waals surface area contributed by atoms with Gasteiger partial charge < -0.3 is 14.7 Å². The number of ketones is 1. The SMILES string of the molecule is O=C(C=Cc1ccc(F)cc1)c1ccc(OCC(O)CN2CCN(c3ccccc3)CC2)cc1. The number of hydrogen-bond donors (Lipinski definition) is 1. The van der Waals surface area contributed by atoms with Crippen molar-refractivity contribution >= 4 is 17.5 Å². The third kappa shape index (κ3) is 6.76. The number of para-hydroxylation sites is 1. The highest BCUT2D eigenvalue weighted by Crippen LogP contribution is 2.17. The number of aliphatic hydroxyl groups is 1. The maximum absolute atomic E-state index is 13.0. The molecule has 0 spiro atoms. The second kappa shape index (κ2) is 11.6. The first-order valence-electron chi connectivity index (χ1n) is 11.5. The predicted octanol–water partition coefficient (Wildman–Crippen LogP) is 4.28. The normalized spacial score (nSPS) is 15.4. The summed E-state index contributed by atoms with van der Waals surface area (Å²) in [6, 6.07) is 23.2. The fourth-order valence-corrected chi connectivity index (χ4v) is 3.93. The number of benzene rings is 3. The van der Waals surface area contributed by atoms with E-state index in [9.17, 15) is 14.3 Å². The number of ether oxygens (including phenoxy) is 1. The van der Waals surface area contributed by atoms with Gasteiger partial charge in [0.1, 0.15) is 24.3 Å². The van der Waals surface area contributed by atoms with Crippen molar-refractivity contribution in [2.24, 2.45) is 0 Å². The Morgan fingerprint density at radius 3 is 2.29 bits per heavy atom. The summed E-state index contributed by atoms with van der Waals surface area (Å²) in [5.74, 6) is 0.146. The standard InChI is InChI=1S/C28H29FN2O3/c29-24-11-6-22(7-12-24)8-15-28(33)23-9-13-27(14-10-23)34-21-26(32)20-30-16-18-31(19-17-30)25-4-2-1-3-5-25/h1-15,26,32H,16-21H2. The molecule has 3 aromatic carbocycles. The first-order chi connectivity index (χ1) is 16.6. The number of allylic oxidation sites excluding steroid dienone is 1. The first kappa shape index (κ1) is 23.7. The minimum atomic E-state index is -0.594. The largest absolute Gasteiger partial charge is 0.491 e. The third-order valence-electron chi connectivity index (χ3n) is 5.84. The summed E-state index contributed by atoms with van der Waals surface area (Å²) in [6.45, 7) is 4.41.